The Kier molecular flexibility index (Phi) is 12.3. The van der Waals surface area contributed by atoms with Crippen molar-refractivity contribution in [3.05, 3.63) is 57.6 Å². The fraction of sp³-hybridized carbons (Fsp3) is 0.595. The molecule has 0 aromatic heterocycles. The van der Waals surface area contributed by atoms with Gasteiger partial charge in [0.15, 0.2) is 0 Å². The molecule has 0 aliphatic heterocycles. The van der Waals surface area contributed by atoms with Crippen molar-refractivity contribution in [2.45, 2.75) is 132 Å². The Balaban J connectivity index is 2.40. The summed E-state index contributed by atoms with van der Waals surface area (Å²) in [6, 6.07) is 8.49. The molecule has 2 aromatic carbocycles. The van der Waals surface area contributed by atoms with E-state index in [2.05, 4.69) is 88.4 Å². The van der Waals surface area contributed by atoms with E-state index in [4.69, 9.17) is 14.2 Å². The van der Waals surface area contributed by atoms with E-state index in [1.807, 2.05) is 6.92 Å². The summed E-state index contributed by atoms with van der Waals surface area (Å²) < 4.78 is 17.0. The quantitative estimate of drug-likeness (QED) is 0.159. The Bertz CT molecular complexity index is 1420. The second-order valence-corrected chi connectivity index (χ2v) is 15.8. The molecule has 9 heteroatoms. The van der Waals surface area contributed by atoms with Crippen LogP contribution in [0.1, 0.15) is 123 Å². The van der Waals surface area contributed by atoms with Crippen LogP contribution >= 0.6 is 0 Å². The van der Waals surface area contributed by atoms with Crippen LogP contribution in [-0.2, 0) is 33.1 Å². The molecule has 0 fully saturated rings. The number of aryl methyl sites for hydroxylation is 2. The standard InChI is InChI=1S/C37H57N3O6/c1-15-24-20-28(35(6,7)8)21-25(29(24)41)19-26-22-27(34(3,4)5)18-23(2)30(26)44-17-16-38-31(39-32(42)45-36(9,10)11)40-33(43)46-37(12,13)14/h18,20-22,41H,15-17,19H2,1-14H3,(H2,38,39,40,42,43). The van der Waals surface area contributed by atoms with Gasteiger partial charge in [0.2, 0.25) is 5.96 Å². The van der Waals surface area contributed by atoms with Crippen LogP contribution in [0.5, 0.6) is 11.5 Å². The minimum absolute atomic E-state index is 0.0769. The fourth-order valence-corrected chi connectivity index (χ4v) is 4.63. The number of rotatable bonds is 7. The summed E-state index contributed by atoms with van der Waals surface area (Å²) >= 11 is 0. The average Bonchev–Trinajstić information content (AvgIpc) is 2.85. The lowest BCUT2D eigenvalue weighted by Gasteiger charge is -2.25. The number of aromatic hydroxyl groups is 1. The number of alkyl carbamates (subject to hydrolysis) is 1. The largest absolute Gasteiger partial charge is 0.507 e. The highest BCUT2D eigenvalue weighted by Crippen LogP contribution is 2.37. The minimum Gasteiger partial charge on any atom is -0.507 e. The molecule has 0 radical (unpaired) electrons. The van der Waals surface area contributed by atoms with Crippen molar-refractivity contribution in [3.63, 3.8) is 0 Å². The molecule has 0 atom stereocenters. The van der Waals surface area contributed by atoms with Gasteiger partial charge in [0.1, 0.15) is 29.3 Å². The van der Waals surface area contributed by atoms with Crippen LogP contribution in [0.2, 0.25) is 0 Å². The predicted octanol–water partition coefficient (Wildman–Crippen LogP) is 8.23. The van der Waals surface area contributed by atoms with E-state index in [1.165, 1.54) is 11.1 Å². The molecule has 0 aliphatic carbocycles. The van der Waals surface area contributed by atoms with Gasteiger partial charge in [-0.2, -0.15) is 0 Å². The molecule has 2 amide bonds. The van der Waals surface area contributed by atoms with Gasteiger partial charge in [-0.15, -0.1) is 4.99 Å². The number of carbonyl (C=O) groups excluding carboxylic acids is 2. The van der Waals surface area contributed by atoms with Crippen LogP contribution < -0.4 is 15.4 Å². The van der Waals surface area contributed by atoms with E-state index in [0.717, 1.165) is 34.4 Å². The molecule has 0 unspecified atom stereocenters. The van der Waals surface area contributed by atoms with E-state index < -0.39 is 23.4 Å². The number of nitrogens with one attached hydrogen (secondary N) is 2. The Morgan fingerprint density at radius 2 is 1.30 bits per heavy atom. The molecule has 3 N–H and O–H groups in total. The van der Waals surface area contributed by atoms with Gasteiger partial charge in [0.25, 0.3) is 0 Å². The molecule has 0 saturated carbocycles. The van der Waals surface area contributed by atoms with E-state index in [1.54, 1.807) is 41.5 Å². The summed E-state index contributed by atoms with van der Waals surface area (Å²) in [5.74, 6) is 0.931. The SMILES string of the molecule is CCc1cc(C(C)(C)C)cc(Cc2cc(C(C)(C)C)cc(C)c2OCCN/C(=N/C(=O)OC(C)(C)C)NC(=O)OC(C)(C)C)c1O. The minimum atomic E-state index is -0.855. The van der Waals surface area contributed by atoms with E-state index in [-0.39, 0.29) is 29.9 Å². The lowest BCUT2D eigenvalue weighted by Crippen LogP contribution is -2.45. The maximum atomic E-state index is 12.5. The topological polar surface area (TPSA) is 118 Å². The molecule has 9 nitrogen and oxygen atoms in total. The van der Waals surface area contributed by atoms with Crippen molar-refractivity contribution < 1.29 is 28.9 Å². The van der Waals surface area contributed by atoms with Gasteiger partial charge in [0.05, 0.1) is 6.54 Å². The summed E-state index contributed by atoms with van der Waals surface area (Å²) in [5, 5.41) is 16.7. The Hall–Kier alpha value is -3.75. The monoisotopic (exact) mass is 639 g/mol. The molecule has 0 saturated heterocycles. The normalized spacial score (nSPS) is 12.9. The van der Waals surface area contributed by atoms with Crippen molar-refractivity contribution in [3.8, 4) is 11.5 Å². The first-order valence-electron chi connectivity index (χ1n) is 16.1. The zero-order chi connectivity index (χ0) is 35.3. The number of benzene rings is 2. The molecule has 46 heavy (non-hydrogen) atoms. The Morgan fingerprint density at radius 1 is 0.783 bits per heavy atom. The third-order valence-corrected chi connectivity index (χ3v) is 6.97. The zero-order valence-corrected chi connectivity index (χ0v) is 30.6. The highest BCUT2D eigenvalue weighted by atomic mass is 16.6. The van der Waals surface area contributed by atoms with Crippen molar-refractivity contribution >= 4 is 18.1 Å². The van der Waals surface area contributed by atoms with Gasteiger partial charge in [-0.3, -0.25) is 5.32 Å². The number of amides is 2. The number of phenols is 1. The molecule has 0 bridgehead atoms. The van der Waals surface area contributed by atoms with Crippen LogP contribution in [0.15, 0.2) is 29.3 Å². The Labute approximate surface area is 276 Å². The number of hydrogen-bond donors (Lipinski definition) is 3. The van der Waals surface area contributed by atoms with Gasteiger partial charge in [-0.1, -0.05) is 72.7 Å². The Morgan fingerprint density at radius 3 is 1.83 bits per heavy atom. The van der Waals surface area contributed by atoms with Crippen LogP contribution in [-0.4, -0.2) is 47.6 Å². The van der Waals surface area contributed by atoms with Crippen LogP contribution in [0.4, 0.5) is 9.59 Å². The smallest absolute Gasteiger partial charge is 0.437 e. The van der Waals surface area contributed by atoms with Crippen LogP contribution in [0.3, 0.4) is 0 Å². The van der Waals surface area contributed by atoms with Crippen LogP contribution in [0, 0.1) is 6.92 Å². The first kappa shape index (κ1) is 38.4. The van der Waals surface area contributed by atoms with E-state index >= 15 is 0 Å². The second kappa shape index (κ2) is 14.8. The highest BCUT2D eigenvalue weighted by molar-refractivity contribution is 5.98. The molecule has 2 rings (SSSR count). The number of guanidine groups is 1. The van der Waals surface area contributed by atoms with Gasteiger partial charge >= 0.3 is 12.2 Å². The number of carbonyl (C=O) groups is 2. The van der Waals surface area contributed by atoms with Crippen molar-refractivity contribution in [2.75, 3.05) is 13.2 Å². The third kappa shape index (κ3) is 12.2. The fourth-order valence-electron chi connectivity index (χ4n) is 4.63. The molecule has 0 spiro atoms. The number of ether oxygens (including phenoxy) is 3. The summed E-state index contributed by atoms with van der Waals surface area (Å²) in [7, 11) is 0. The zero-order valence-electron chi connectivity index (χ0n) is 30.6. The summed E-state index contributed by atoms with van der Waals surface area (Å²) in [6.07, 6.45) is -0.403. The van der Waals surface area contributed by atoms with Gasteiger partial charge in [0, 0.05) is 6.42 Å². The maximum Gasteiger partial charge on any atom is 0.437 e. The van der Waals surface area contributed by atoms with E-state index in [9.17, 15) is 14.7 Å². The molecule has 2 aromatic rings. The highest BCUT2D eigenvalue weighted by Gasteiger charge is 2.23. The molecular formula is C37H57N3O6. The number of hydrogen-bond acceptors (Lipinski definition) is 6. The molecule has 0 heterocycles. The number of aliphatic imine (C=N–C) groups is 1. The molecule has 0 aliphatic rings. The van der Waals surface area contributed by atoms with Gasteiger partial charge in [-0.05, 0) is 99.1 Å². The summed E-state index contributed by atoms with van der Waals surface area (Å²) in [4.78, 5) is 28.8. The third-order valence-electron chi connectivity index (χ3n) is 6.97. The van der Waals surface area contributed by atoms with Crippen LogP contribution in [0.25, 0.3) is 0 Å². The van der Waals surface area contributed by atoms with Gasteiger partial charge < -0.3 is 24.6 Å². The first-order valence-corrected chi connectivity index (χ1v) is 16.1. The number of nitrogens with zero attached hydrogens (tertiary/aromatic N) is 1. The summed E-state index contributed by atoms with van der Waals surface area (Å²) in [6.45, 7) is 27.9. The first-order chi connectivity index (χ1) is 20.9. The van der Waals surface area contributed by atoms with Crippen molar-refractivity contribution in [1.29, 1.82) is 0 Å². The molecule has 256 valence electrons. The van der Waals surface area contributed by atoms with Crippen molar-refractivity contribution in [1.82, 2.24) is 10.6 Å². The maximum absolute atomic E-state index is 12.5. The number of phenolic OH excluding ortho intramolecular Hbond substituents is 1. The average molecular weight is 640 g/mol. The molecular weight excluding hydrogens is 582 g/mol. The summed E-state index contributed by atoms with van der Waals surface area (Å²) in [5.41, 5.74) is 4.38. The predicted molar refractivity (Wildman–Crippen MR) is 185 cm³/mol. The van der Waals surface area contributed by atoms with Crippen molar-refractivity contribution in [2.24, 2.45) is 4.99 Å². The van der Waals surface area contributed by atoms with E-state index in [0.29, 0.717) is 12.2 Å². The lowest BCUT2D eigenvalue weighted by molar-refractivity contribution is 0.0560. The lowest BCUT2D eigenvalue weighted by atomic mass is 9.82. The van der Waals surface area contributed by atoms with Gasteiger partial charge in [-0.25, -0.2) is 9.59 Å². The second-order valence-electron chi connectivity index (χ2n) is 15.8.